The van der Waals surface area contributed by atoms with E-state index in [0.717, 1.165) is 22.6 Å². The molecule has 1 fully saturated rings. The largest absolute Gasteiger partial charge is 0.467 e. The molecule has 0 bridgehead atoms. The Kier molecular flexibility index (Phi) is 8.38. The van der Waals surface area contributed by atoms with Crippen LogP contribution in [0.1, 0.15) is 6.42 Å². The van der Waals surface area contributed by atoms with Crippen molar-refractivity contribution >= 4 is 50.7 Å². The number of carbonyl (C=O) groups excluding carboxylic acids is 2. The van der Waals surface area contributed by atoms with Gasteiger partial charge in [-0.25, -0.2) is 23.7 Å². The Morgan fingerprint density at radius 2 is 1.88 bits per heavy atom. The average molecular weight is 625 g/mol. The molecule has 1 aromatic carbocycles. The van der Waals surface area contributed by atoms with E-state index >= 15 is 0 Å². The Balaban J connectivity index is 0.000000777. The van der Waals surface area contributed by atoms with E-state index in [9.17, 15) is 18.4 Å². The molecule has 6 rings (SSSR count). The van der Waals surface area contributed by atoms with Crippen molar-refractivity contribution in [3.05, 3.63) is 71.6 Å². The van der Waals surface area contributed by atoms with Gasteiger partial charge in [0, 0.05) is 42.2 Å². The molecule has 41 heavy (non-hydrogen) atoms. The maximum Gasteiger partial charge on any atom is 0.316 e. The Morgan fingerprint density at radius 1 is 1.15 bits per heavy atom. The van der Waals surface area contributed by atoms with Crippen molar-refractivity contribution in [3.8, 4) is 17.1 Å². The molecule has 0 spiro atoms. The summed E-state index contributed by atoms with van der Waals surface area (Å²) in [4.78, 5) is 42.9. The summed E-state index contributed by atoms with van der Waals surface area (Å²) in [5, 5.41) is 7.63. The zero-order valence-electron chi connectivity index (χ0n) is 21.6. The van der Waals surface area contributed by atoms with Gasteiger partial charge in [-0.1, -0.05) is 6.07 Å². The Bertz CT molecular complexity index is 1630. The number of amides is 2. The highest BCUT2D eigenvalue weighted by molar-refractivity contribution is 9.10. The van der Waals surface area contributed by atoms with Gasteiger partial charge >= 0.3 is 6.01 Å². The number of likely N-dealkylation sites (tertiary alicyclic amines) is 1. The molecule has 0 radical (unpaired) electrons. The van der Waals surface area contributed by atoms with Gasteiger partial charge in [0.05, 0.1) is 25.4 Å². The number of pyridine rings is 1. The first kappa shape index (κ1) is 28.0. The minimum absolute atomic E-state index is 0.0683. The number of fused-ring (bicyclic) bond motifs is 1. The van der Waals surface area contributed by atoms with E-state index in [-0.39, 0.29) is 35.9 Å². The molecular weight excluding hydrogens is 602 g/mol. The average Bonchev–Trinajstić information content (AvgIpc) is 3.53. The van der Waals surface area contributed by atoms with Crippen LogP contribution in [0.2, 0.25) is 0 Å². The third-order valence-electron chi connectivity index (χ3n) is 6.34. The van der Waals surface area contributed by atoms with Gasteiger partial charge in [-0.15, -0.1) is 0 Å². The van der Waals surface area contributed by atoms with E-state index in [1.54, 1.807) is 31.0 Å². The SMILES string of the molecule is C1=CN=C1.COc1ncc(-c2ccc3c(cnn3CC(=O)N3C[C@H](F)C[C@H]3C(=O)Nc3ccc(F)c(Br)n3)c2)cn1. The van der Waals surface area contributed by atoms with Gasteiger partial charge in [-0.2, -0.15) is 5.10 Å². The zero-order chi connectivity index (χ0) is 28.9. The van der Waals surface area contributed by atoms with Crippen molar-refractivity contribution in [2.45, 2.75) is 25.2 Å². The molecule has 0 aliphatic carbocycles. The molecule has 2 atom stereocenters. The fourth-order valence-electron chi connectivity index (χ4n) is 4.27. The van der Waals surface area contributed by atoms with Crippen LogP contribution in [-0.4, -0.2) is 73.5 Å². The van der Waals surface area contributed by atoms with E-state index in [1.165, 1.54) is 22.8 Å². The van der Waals surface area contributed by atoms with Gasteiger partial charge in [0.25, 0.3) is 0 Å². The fourth-order valence-corrected chi connectivity index (χ4v) is 4.60. The molecule has 0 unspecified atom stereocenters. The highest BCUT2D eigenvalue weighted by Crippen LogP contribution is 2.26. The van der Waals surface area contributed by atoms with Crippen LogP contribution < -0.4 is 10.1 Å². The van der Waals surface area contributed by atoms with Crippen LogP contribution in [0.4, 0.5) is 14.6 Å². The molecule has 5 heterocycles. The van der Waals surface area contributed by atoms with Crippen LogP contribution in [-0.2, 0) is 16.1 Å². The van der Waals surface area contributed by atoms with E-state index in [1.807, 2.05) is 24.3 Å². The van der Waals surface area contributed by atoms with E-state index in [2.05, 4.69) is 46.3 Å². The third kappa shape index (κ3) is 6.43. The van der Waals surface area contributed by atoms with Gasteiger partial charge < -0.3 is 15.0 Å². The summed E-state index contributed by atoms with van der Waals surface area (Å²) in [6.45, 7) is -0.385. The molecule has 2 amide bonds. The lowest BCUT2D eigenvalue weighted by molar-refractivity contribution is -0.137. The first-order chi connectivity index (χ1) is 19.8. The van der Waals surface area contributed by atoms with Crippen LogP contribution >= 0.6 is 15.9 Å². The normalized spacial score (nSPS) is 17.1. The van der Waals surface area contributed by atoms with Crippen LogP contribution in [0.15, 0.2) is 70.8 Å². The lowest BCUT2D eigenvalue weighted by Crippen LogP contribution is -2.44. The Morgan fingerprint density at radius 3 is 2.54 bits per heavy atom. The van der Waals surface area contributed by atoms with Gasteiger partial charge in [0.2, 0.25) is 11.8 Å². The molecule has 1 saturated heterocycles. The minimum atomic E-state index is -1.35. The van der Waals surface area contributed by atoms with Crippen LogP contribution in [0.3, 0.4) is 0 Å². The predicted molar refractivity (Wildman–Crippen MR) is 150 cm³/mol. The van der Waals surface area contributed by atoms with E-state index in [4.69, 9.17) is 4.74 Å². The summed E-state index contributed by atoms with van der Waals surface area (Å²) in [6.07, 6.45) is 8.81. The number of nitrogens with zero attached hydrogens (tertiary/aromatic N) is 7. The summed E-state index contributed by atoms with van der Waals surface area (Å²) in [6, 6.07) is 7.23. The number of carbonyl (C=O) groups is 2. The number of halogens is 3. The van der Waals surface area contributed by atoms with Crippen molar-refractivity contribution in [1.29, 1.82) is 0 Å². The predicted octanol–water partition coefficient (Wildman–Crippen LogP) is 3.96. The first-order valence-corrected chi connectivity index (χ1v) is 13.2. The van der Waals surface area contributed by atoms with Crippen LogP contribution in [0.5, 0.6) is 6.01 Å². The summed E-state index contributed by atoms with van der Waals surface area (Å²) >= 11 is 2.96. The molecule has 2 aliphatic rings. The summed E-state index contributed by atoms with van der Waals surface area (Å²) < 4.78 is 34.2. The number of aliphatic imine (C=N–C) groups is 1. The molecule has 0 saturated carbocycles. The van der Waals surface area contributed by atoms with Gasteiger partial charge in [-0.05, 0) is 51.8 Å². The molecule has 1 N–H and O–H groups in total. The molecule has 11 nitrogen and oxygen atoms in total. The number of anilines is 1. The topological polar surface area (TPSA) is 127 Å². The second-order valence-electron chi connectivity index (χ2n) is 9.03. The van der Waals surface area contributed by atoms with Crippen molar-refractivity contribution in [2.24, 2.45) is 4.99 Å². The van der Waals surface area contributed by atoms with Crippen LogP contribution in [0.25, 0.3) is 22.0 Å². The Hall–Kier alpha value is -4.59. The van der Waals surface area contributed by atoms with Gasteiger partial charge in [0.15, 0.2) is 5.82 Å². The molecule has 4 aromatic rings. The Labute approximate surface area is 241 Å². The molecule has 2 aliphatic heterocycles. The van der Waals surface area contributed by atoms with E-state index in [0.29, 0.717) is 5.52 Å². The number of hydrogen-bond acceptors (Lipinski definition) is 8. The number of allylic oxidation sites excluding steroid dienone is 1. The molecule has 14 heteroatoms. The number of nitrogens with one attached hydrogen (secondary N) is 1. The lowest BCUT2D eigenvalue weighted by atomic mass is 10.1. The number of aromatic nitrogens is 5. The lowest BCUT2D eigenvalue weighted by Gasteiger charge is -2.23. The van der Waals surface area contributed by atoms with Crippen molar-refractivity contribution in [2.75, 3.05) is 19.0 Å². The van der Waals surface area contributed by atoms with Gasteiger partial charge in [-0.3, -0.25) is 19.3 Å². The molecule has 210 valence electrons. The van der Waals surface area contributed by atoms with Crippen molar-refractivity contribution in [1.82, 2.24) is 29.6 Å². The fraction of sp³-hybridized carbons (Fsp3) is 0.222. The first-order valence-electron chi connectivity index (χ1n) is 12.4. The van der Waals surface area contributed by atoms with Gasteiger partial charge in [0.1, 0.15) is 29.2 Å². The monoisotopic (exact) mass is 624 g/mol. The standard InChI is InChI=1S/C24H20BrF2N7O3.C3H3N/c1-37-24-28-8-15(9-29-24)13-2-4-18-14(6-13)10-30-34(18)12-21(35)33-11-16(26)7-19(33)23(36)32-20-5-3-17(27)22(25)31-20;1-2-4-3-1/h2-6,8-10,16,19H,7,11-12H2,1H3,(H,31,32,36);1-3H/t16-,19+;/m1./s1. The molecule has 3 aromatic heterocycles. The number of hydrogen-bond donors (Lipinski definition) is 1. The van der Waals surface area contributed by atoms with Crippen LogP contribution in [0, 0.1) is 5.82 Å². The summed E-state index contributed by atoms with van der Waals surface area (Å²) in [5.41, 5.74) is 2.34. The quantitative estimate of drug-likeness (QED) is 0.322. The second-order valence-corrected chi connectivity index (χ2v) is 9.78. The number of alkyl halides is 1. The third-order valence-corrected chi connectivity index (χ3v) is 6.90. The highest BCUT2D eigenvalue weighted by Gasteiger charge is 2.40. The maximum atomic E-state index is 14.3. The smallest absolute Gasteiger partial charge is 0.316 e. The molecular formula is C27H23BrF2N8O3. The summed E-state index contributed by atoms with van der Waals surface area (Å²) in [5.74, 6) is -1.55. The summed E-state index contributed by atoms with van der Waals surface area (Å²) in [7, 11) is 1.49. The number of rotatable bonds is 6. The van der Waals surface area contributed by atoms with Crippen molar-refractivity contribution in [3.63, 3.8) is 0 Å². The minimum Gasteiger partial charge on any atom is -0.467 e. The highest BCUT2D eigenvalue weighted by atomic mass is 79.9. The number of benzene rings is 1. The maximum absolute atomic E-state index is 14.3. The van der Waals surface area contributed by atoms with E-state index < -0.39 is 29.8 Å². The second kappa shape index (κ2) is 12.3. The number of methoxy groups -OCH3 is 1. The van der Waals surface area contributed by atoms with Crippen molar-refractivity contribution < 1.29 is 23.1 Å². The number of ether oxygens (including phenoxy) is 1. The zero-order valence-corrected chi connectivity index (χ0v) is 23.2.